The second-order valence-corrected chi connectivity index (χ2v) is 3.64. The highest BCUT2D eigenvalue weighted by Crippen LogP contribution is 2.19. The highest BCUT2D eigenvalue weighted by Gasteiger charge is 2.23. The van der Waals surface area contributed by atoms with E-state index in [1.54, 1.807) is 0 Å². The van der Waals surface area contributed by atoms with Gasteiger partial charge in [0.1, 0.15) is 5.78 Å². The van der Waals surface area contributed by atoms with Crippen LogP contribution in [0.1, 0.15) is 32.6 Å². The van der Waals surface area contributed by atoms with Gasteiger partial charge in [-0.1, -0.05) is 6.92 Å². The first-order chi connectivity index (χ1) is 6.27. The van der Waals surface area contributed by atoms with Crippen molar-refractivity contribution in [1.82, 2.24) is 4.90 Å². The number of nitrogens with zero attached hydrogens (tertiary/aromatic N) is 1. The van der Waals surface area contributed by atoms with Crippen LogP contribution in [0.15, 0.2) is 0 Å². The molecule has 0 amide bonds. The Kier molecular flexibility index (Phi) is 4.39. The molecule has 76 valence electrons. The van der Waals surface area contributed by atoms with E-state index < -0.39 is 0 Å². The van der Waals surface area contributed by atoms with Crippen molar-refractivity contribution in [3.05, 3.63) is 0 Å². The number of carbonyl (C=O) groups excluding carboxylic acids is 1. The number of ketones is 1. The average molecular weight is 185 g/mol. The van der Waals surface area contributed by atoms with Crippen LogP contribution in [-0.2, 0) is 4.79 Å². The van der Waals surface area contributed by atoms with Crippen LogP contribution in [-0.4, -0.2) is 41.5 Å². The van der Waals surface area contributed by atoms with Crippen molar-refractivity contribution in [2.45, 2.75) is 38.6 Å². The van der Waals surface area contributed by atoms with Crippen molar-refractivity contribution in [2.24, 2.45) is 0 Å². The zero-order valence-corrected chi connectivity index (χ0v) is 8.33. The summed E-state index contributed by atoms with van der Waals surface area (Å²) >= 11 is 0. The fourth-order valence-electron chi connectivity index (χ4n) is 2.04. The number of hydrogen-bond acceptors (Lipinski definition) is 3. The lowest BCUT2D eigenvalue weighted by Gasteiger charge is -2.32. The van der Waals surface area contributed by atoms with Crippen LogP contribution in [0.5, 0.6) is 0 Å². The van der Waals surface area contributed by atoms with Crippen LogP contribution in [0.2, 0.25) is 0 Å². The predicted molar refractivity (Wildman–Crippen MR) is 51.6 cm³/mol. The van der Waals surface area contributed by atoms with Crippen molar-refractivity contribution < 1.29 is 9.90 Å². The van der Waals surface area contributed by atoms with Gasteiger partial charge >= 0.3 is 0 Å². The van der Waals surface area contributed by atoms with Crippen LogP contribution in [0, 0.1) is 0 Å². The molecule has 3 nitrogen and oxygen atoms in total. The van der Waals surface area contributed by atoms with E-state index in [1.807, 2.05) is 0 Å². The molecule has 0 aromatic carbocycles. The zero-order chi connectivity index (χ0) is 9.68. The number of hydrogen-bond donors (Lipinski definition) is 1. The monoisotopic (exact) mass is 185 g/mol. The van der Waals surface area contributed by atoms with Gasteiger partial charge in [0.05, 0.1) is 6.61 Å². The first-order valence-corrected chi connectivity index (χ1v) is 5.14. The summed E-state index contributed by atoms with van der Waals surface area (Å²) in [4.78, 5) is 13.4. The molecular formula is C10H19NO2. The van der Waals surface area contributed by atoms with Crippen LogP contribution < -0.4 is 0 Å². The van der Waals surface area contributed by atoms with Crippen LogP contribution in [0.3, 0.4) is 0 Å². The Balaban J connectivity index is 2.42. The maximum atomic E-state index is 11.2. The topological polar surface area (TPSA) is 40.5 Å². The van der Waals surface area contributed by atoms with Crippen molar-refractivity contribution in [3.8, 4) is 0 Å². The normalized spacial score (nSPS) is 23.9. The highest BCUT2D eigenvalue weighted by atomic mass is 16.3. The van der Waals surface area contributed by atoms with Gasteiger partial charge in [0, 0.05) is 25.4 Å². The SMILES string of the molecule is CCN(CCO)C1CCCC(=O)C1. The zero-order valence-electron chi connectivity index (χ0n) is 8.33. The molecule has 1 atom stereocenters. The lowest BCUT2D eigenvalue weighted by Crippen LogP contribution is -2.40. The highest BCUT2D eigenvalue weighted by molar-refractivity contribution is 5.79. The molecule has 0 spiro atoms. The Hall–Kier alpha value is -0.410. The summed E-state index contributed by atoms with van der Waals surface area (Å²) in [5, 5.41) is 8.84. The van der Waals surface area contributed by atoms with E-state index in [0.29, 0.717) is 24.8 Å². The first kappa shape index (κ1) is 10.7. The van der Waals surface area contributed by atoms with Crippen molar-refractivity contribution >= 4 is 5.78 Å². The number of rotatable bonds is 4. The molecule has 1 fully saturated rings. The Labute approximate surface area is 79.7 Å². The summed E-state index contributed by atoms with van der Waals surface area (Å²) in [6.07, 6.45) is 3.58. The van der Waals surface area contributed by atoms with Crippen LogP contribution >= 0.6 is 0 Å². The maximum Gasteiger partial charge on any atom is 0.134 e. The molecule has 1 unspecified atom stereocenters. The second-order valence-electron chi connectivity index (χ2n) is 3.64. The predicted octanol–water partition coefficient (Wildman–Crippen LogP) is 0.812. The van der Waals surface area contributed by atoms with Gasteiger partial charge in [-0.25, -0.2) is 0 Å². The van der Waals surface area contributed by atoms with Gasteiger partial charge in [0.25, 0.3) is 0 Å². The molecule has 0 radical (unpaired) electrons. The number of Topliss-reactive ketones (excluding diaryl/α,β-unsaturated/α-hetero) is 1. The summed E-state index contributed by atoms with van der Waals surface area (Å²) in [6.45, 7) is 3.90. The summed E-state index contributed by atoms with van der Waals surface area (Å²) < 4.78 is 0. The Morgan fingerprint density at radius 1 is 1.62 bits per heavy atom. The maximum absolute atomic E-state index is 11.2. The van der Waals surface area contributed by atoms with Crippen LogP contribution in [0.4, 0.5) is 0 Å². The quantitative estimate of drug-likeness (QED) is 0.704. The van der Waals surface area contributed by atoms with Gasteiger partial charge < -0.3 is 5.11 Å². The standard InChI is InChI=1S/C10H19NO2/c1-2-11(6-7-12)9-4-3-5-10(13)8-9/h9,12H,2-8H2,1H3. The summed E-state index contributed by atoms with van der Waals surface area (Å²) in [5.41, 5.74) is 0. The fourth-order valence-corrected chi connectivity index (χ4v) is 2.04. The number of aliphatic hydroxyl groups is 1. The Bertz CT molecular complexity index is 170. The minimum atomic E-state index is 0.193. The van der Waals surface area contributed by atoms with E-state index in [9.17, 15) is 4.79 Å². The van der Waals surface area contributed by atoms with E-state index in [-0.39, 0.29) is 6.61 Å². The van der Waals surface area contributed by atoms with E-state index in [1.165, 1.54) is 0 Å². The molecule has 3 heteroatoms. The van der Waals surface area contributed by atoms with Crippen molar-refractivity contribution in [3.63, 3.8) is 0 Å². The smallest absolute Gasteiger partial charge is 0.134 e. The average Bonchev–Trinajstić information content (AvgIpc) is 2.14. The molecule has 0 aromatic heterocycles. The van der Waals surface area contributed by atoms with E-state index >= 15 is 0 Å². The molecule has 0 bridgehead atoms. The van der Waals surface area contributed by atoms with Gasteiger partial charge in [-0.05, 0) is 19.4 Å². The first-order valence-electron chi connectivity index (χ1n) is 5.14. The van der Waals surface area contributed by atoms with Crippen LogP contribution in [0.25, 0.3) is 0 Å². The molecule has 0 aliphatic heterocycles. The molecule has 1 aliphatic rings. The molecular weight excluding hydrogens is 166 g/mol. The minimum Gasteiger partial charge on any atom is -0.395 e. The molecule has 1 N–H and O–H groups in total. The van der Waals surface area contributed by atoms with E-state index in [2.05, 4.69) is 11.8 Å². The van der Waals surface area contributed by atoms with Gasteiger partial charge in [-0.3, -0.25) is 9.69 Å². The van der Waals surface area contributed by atoms with E-state index in [4.69, 9.17) is 5.11 Å². The third kappa shape index (κ3) is 3.08. The molecule has 0 saturated heterocycles. The molecule has 1 saturated carbocycles. The largest absolute Gasteiger partial charge is 0.395 e. The molecule has 1 aliphatic carbocycles. The Morgan fingerprint density at radius 2 is 2.38 bits per heavy atom. The van der Waals surface area contributed by atoms with Crippen molar-refractivity contribution in [2.75, 3.05) is 19.7 Å². The van der Waals surface area contributed by atoms with Crippen molar-refractivity contribution in [1.29, 1.82) is 0 Å². The number of likely N-dealkylation sites (N-methyl/N-ethyl adjacent to an activating group) is 1. The summed E-state index contributed by atoms with van der Waals surface area (Å²) in [5.74, 6) is 0.382. The van der Waals surface area contributed by atoms with Gasteiger partial charge in [0.15, 0.2) is 0 Å². The fraction of sp³-hybridized carbons (Fsp3) is 0.900. The van der Waals surface area contributed by atoms with Gasteiger partial charge in [-0.15, -0.1) is 0 Å². The number of aliphatic hydroxyl groups excluding tert-OH is 1. The van der Waals surface area contributed by atoms with Gasteiger partial charge in [0.2, 0.25) is 0 Å². The summed E-state index contributed by atoms with van der Waals surface area (Å²) in [7, 11) is 0. The third-order valence-electron chi connectivity index (χ3n) is 2.77. The number of carbonyl (C=O) groups is 1. The van der Waals surface area contributed by atoms with Gasteiger partial charge in [-0.2, -0.15) is 0 Å². The summed E-state index contributed by atoms with van der Waals surface area (Å²) in [6, 6.07) is 0.387. The molecule has 1 rings (SSSR count). The Morgan fingerprint density at radius 3 is 2.92 bits per heavy atom. The molecule has 0 aromatic rings. The minimum absolute atomic E-state index is 0.193. The molecule has 13 heavy (non-hydrogen) atoms. The lowest BCUT2D eigenvalue weighted by molar-refractivity contribution is -0.122. The second kappa shape index (κ2) is 5.35. The third-order valence-corrected chi connectivity index (χ3v) is 2.77. The molecule has 0 heterocycles. The lowest BCUT2D eigenvalue weighted by atomic mass is 9.93. The van der Waals surface area contributed by atoms with E-state index in [0.717, 1.165) is 25.8 Å².